The molecule has 198 valence electrons. The Morgan fingerprint density at radius 2 is 1.66 bits per heavy atom. The lowest BCUT2D eigenvalue weighted by Crippen LogP contribution is -2.68. The molecule has 0 bridgehead atoms. The lowest BCUT2D eigenvalue weighted by Gasteiger charge is -2.71. The number of rotatable bonds is 2. The summed E-state index contributed by atoms with van der Waals surface area (Å²) in [6, 6.07) is 0. The van der Waals surface area contributed by atoms with Crippen molar-refractivity contribution in [2.24, 2.45) is 50.7 Å². The van der Waals surface area contributed by atoms with E-state index in [1.807, 2.05) is 6.92 Å². The zero-order chi connectivity index (χ0) is 25.8. The molecule has 5 nitrogen and oxygen atoms in total. The summed E-state index contributed by atoms with van der Waals surface area (Å²) in [5.41, 5.74) is -1.35. The predicted octanol–water partition coefficient (Wildman–Crippen LogP) is 5.18. The number of hydrogen-bond acceptors (Lipinski definition) is 4. The van der Waals surface area contributed by atoms with Crippen LogP contribution in [-0.4, -0.2) is 44.7 Å². The molecule has 0 spiro atoms. The molecule has 5 aliphatic rings. The maximum atomic E-state index is 12.8. The fourth-order valence-electron chi connectivity index (χ4n) is 10.9. The van der Waals surface area contributed by atoms with E-state index in [9.17, 15) is 25.2 Å². The number of carboxylic acid groups (broad SMARTS) is 1. The van der Waals surface area contributed by atoms with Crippen LogP contribution in [0.4, 0.5) is 0 Å². The molecule has 5 aliphatic carbocycles. The zero-order valence-electron chi connectivity index (χ0n) is 22.7. The second-order valence-electron chi connectivity index (χ2n) is 14.6. The number of hydrogen-bond donors (Lipinski definition) is 4. The summed E-state index contributed by atoms with van der Waals surface area (Å²) >= 11 is 0. The largest absolute Gasteiger partial charge is 0.481 e. The first kappa shape index (κ1) is 25.7. The van der Waals surface area contributed by atoms with Crippen LogP contribution >= 0.6 is 0 Å². The standard InChI is InChI=1S/C30H48O5/c1-18-9-14-30(24(33)34)16-15-27(4)19(23(30)29(18,6)35)7-8-21-25(2)12-11-22(32)26(3,17-31)20(25)10-13-28(21,27)5/h7,18,20-23,31-32,35H,8-17H2,1-6H3,(H,33,34)/t18-,20+,21-,22+,23+,25+,26+,27-,28-,29-,30+/m1/s1. The van der Waals surface area contributed by atoms with Crippen molar-refractivity contribution in [3.63, 3.8) is 0 Å². The molecule has 35 heavy (non-hydrogen) atoms. The van der Waals surface area contributed by atoms with Gasteiger partial charge in [0.05, 0.1) is 23.7 Å². The van der Waals surface area contributed by atoms with Gasteiger partial charge in [-0.05, 0) is 98.7 Å². The smallest absolute Gasteiger partial charge is 0.310 e. The molecule has 4 saturated carbocycles. The molecule has 0 aliphatic heterocycles. The Bertz CT molecular complexity index is 941. The number of carbonyl (C=O) groups is 1. The minimum atomic E-state index is -1.04. The third kappa shape index (κ3) is 2.90. The van der Waals surface area contributed by atoms with E-state index < -0.39 is 28.5 Å². The lowest BCUT2D eigenvalue weighted by atomic mass is 9.33. The van der Waals surface area contributed by atoms with Crippen molar-refractivity contribution in [2.45, 2.75) is 111 Å². The van der Waals surface area contributed by atoms with Crippen molar-refractivity contribution < 1.29 is 25.2 Å². The molecule has 4 N–H and O–H groups in total. The average molecular weight is 489 g/mol. The minimum absolute atomic E-state index is 0.0115. The fraction of sp³-hybridized carbons (Fsp3) is 0.900. The van der Waals surface area contributed by atoms with Crippen LogP contribution in [0, 0.1) is 50.7 Å². The van der Waals surface area contributed by atoms with E-state index in [1.165, 1.54) is 5.57 Å². The highest BCUT2D eigenvalue weighted by molar-refractivity contribution is 5.77. The van der Waals surface area contributed by atoms with Gasteiger partial charge in [0, 0.05) is 11.3 Å². The molecule has 0 unspecified atom stereocenters. The summed E-state index contributed by atoms with van der Waals surface area (Å²) in [6.45, 7) is 13.3. The van der Waals surface area contributed by atoms with Gasteiger partial charge in [0.1, 0.15) is 0 Å². The van der Waals surface area contributed by atoms with Gasteiger partial charge in [-0.25, -0.2) is 0 Å². The zero-order valence-corrected chi connectivity index (χ0v) is 22.7. The number of allylic oxidation sites excluding steroid dienone is 1. The highest BCUT2D eigenvalue weighted by Crippen LogP contribution is 2.76. The fourth-order valence-corrected chi connectivity index (χ4v) is 10.9. The highest BCUT2D eigenvalue weighted by Gasteiger charge is 2.71. The van der Waals surface area contributed by atoms with E-state index in [0.717, 1.165) is 44.9 Å². The van der Waals surface area contributed by atoms with Gasteiger partial charge in [0.15, 0.2) is 0 Å². The van der Waals surface area contributed by atoms with Crippen molar-refractivity contribution >= 4 is 5.97 Å². The van der Waals surface area contributed by atoms with Crippen LogP contribution in [0.3, 0.4) is 0 Å². The van der Waals surface area contributed by atoms with Gasteiger partial charge in [-0.3, -0.25) is 4.79 Å². The SMILES string of the molecule is C[C@@H]1CC[C@]2(C(=O)O)CC[C@]3(C)C(=CC[C@@H]4[C@@]5(C)CC[C@H](O)[C@@](C)(CO)[C@H]5CC[C@]43C)[C@H]2[C@]1(C)O. The van der Waals surface area contributed by atoms with E-state index in [2.05, 4.69) is 40.7 Å². The van der Waals surface area contributed by atoms with Gasteiger partial charge in [-0.1, -0.05) is 46.3 Å². The van der Waals surface area contributed by atoms with Crippen LogP contribution < -0.4 is 0 Å². The summed E-state index contributed by atoms with van der Waals surface area (Å²) in [5.74, 6) is -0.356. The molecule has 4 fully saturated rings. The van der Waals surface area contributed by atoms with E-state index in [4.69, 9.17) is 0 Å². The van der Waals surface area contributed by atoms with Crippen molar-refractivity contribution in [2.75, 3.05) is 6.61 Å². The first-order valence-corrected chi connectivity index (χ1v) is 14.1. The van der Waals surface area contributed by atoms with Crippen LogP contribution in [-0.2, 0) is 4.79 Å². The molecule has 0 radical (unpaired) electrons. The topological polar surface area (TPSA) is 98.0 Å². The lowest BCUT2D eigenvalue weighted by molar-refractivity contribution is -0.225. The van der Waals surface area contributed by atoms with Crippen LogP contribution in [0.5, 0.6) is 0 Å². The number of aliphatic hydroxyl groups is 3. The normalized spacial score (nSPS) is 57.7. The third-order valence-electron chi connectivity index (χ3n) is 13.6. The molecular formula is C30H48O5. The number of aliphatic hydroxyl groups excluding tert-OH is 2. The summed E-state index contributed by atoms with van der Waals surface area (Å²) in [4.78, 5) is 12.8. The van der Waals surface area contributed by atoms with Crippen LogP contribution in [0.15, 0.2) is 11.6 Å². The first-order chi connectivity index (χ1) is 16.1. The molecular weight excluding hydrogens is 440 g/mol. The molecule has 0 aromatic carbocycles. The minimum Gasteiger partial charge on any atom is -0.481 e. The van der Waals surface area contributed by atoms with Gasteiger partial charge in [-0.15, -0.1) is 0 Å². The number of fused-ring (bicyclic) bond motifs is 7. The van der Waals surface area contributed by atoms with Gasteiger partial charge >= 0.3 is 5.97 Å². The molecule has 0 saturated heterocycles. The van der Waals surface area contributed by atoms with Crippen molar-refractivity contribution in [3.05, 3.63) is 11.6 Å². The average Bonchev–Trinajstić information content (AvgIpc) is 2.79. The Hall–Kier alpha value is -0.910. The monoisotopic (exact) mass is 488 g/mol. The Kier molecular flexibility index (Phi) is 5.56. The van der Waals surface area contributed by atoms with Crippen molar-refractivity contribution in [1.82, 2.24) is 0 Å². The van der Waals surface area contributed by atoms with Gasteiger partial charge < -0.3 is 20.4 Å². The van der Waals surface area contributed by atoms with E-state index in [-0.39, 0.29) is 40.6 Å². The molecule has 0 heterocycles. The summed E-state index contributed by atoms with van der Waals surface area (Å²) in [7, 11) is 0. The van der Waals surface area contributed by atoms with E-state index >= 15 is 0 Å². The maximum Gasteiger partial charge on any atom is 0.310 e. The number of aliphatic carboxylic acids is 1. The van der Waals surface area contributed by atoms with Gasteiger partial charge in [0.2, 0.25) is 0 Å². The predicted molar refractivity (Wildman–Crippen MR) is 135 cm³/mol. The molecule has 0 aromatic rings. The highest BCUT2D eigenvalue weighted by atomic mass is 16.4. The van der Waals surface area contributed by atoms with Crippen molar-refractivity contribution in [1.29, 1.82) is 0 Å². The quantitative estimate of drug-likeness (QED) is 0.402. The molecule has 0 aromatic heterocycles. The van der Waals surface area contributed by atoms with E-state index in [0.29, 0.717) is 18.8 Å². The maximum absolute atomic E-state index is 12.8. The molecule has 11 atom stereocenters. The van der Waals surface area contributed by atoms with Crippen LogP contribution in [0.1, 0.15) is 99.3 Å². The molecule has 5 heteroatoms. The number of carboxylic acids is 1. The second-order valence-corrected chi connectivity index (χ2v) is 14.6. The van der Waals surface area contributed by atoms with Crippen molar-refractivity contribution in [3.8, 4) is 0 Å². The van der Waals surface area contributed by atoms with Crippen LogP contribution in [0.2, 0.25) is 0 Å². The Labute approximate surface area is 211 Å². The molecule has 0 amide bonds. The Morgan fingerprint density at radius 1 is 0.971 bits per heavy atom. The van der Waals surface area contributed by atoms with Gasteiger partial charge in [0.25, 0.3) is 0 Å². The van der Waals surface area contributed by atoms with E-state index in [1.54, 1.807) is 0 Å². The summed E-state index contributed by atoms with van der Waals surface area (Å²) in [6.07, 6.45) is 9.32. The first-order valence-electron chi connectivity index (χ1n) is 14.1. The van der Waals surface area contributed by atoms with Gasteiger partial charge in [-0.2, -0.15) is 0 Å². The summed E-state index contributed by atoms with van der Waals surface area (Å²) in [5, 5.41) is 43.8. The third-order valence-corrected chi connectivity index (χ3v) is 13.6. The Morgan fingerprint density at radius 3 is 2.29 bits per heavy atom. The molecule has 5 rings (SSSR count). The second kappa shape index (κ2) is 7.57. The van der Waals surface area contributed by atoms with Crippen LogP contribution in [0.25, 0.3) is 0 Å². The summed E-state index contributed by atoms with van der Waals surface area (Å²) < 4.78 is 0. The Balaban J connectivity index is 1.64.